The van der Waals surface area contributed by atoms with E-state index in [2.05, 4.69) is 5.32 Å². The summed E-state index contributed by atoms with van der Waals surface area (Å²) in [6.07, 6.45) is -4.98. The minimum Gasteiger partial charge on any atom is -0.362 e. The largest absolute Gasteiger partial charge is 0.437 e. The first-order chi connectivity index (χ1) is 12.8. The molecule has 2 heterocycles. The van der Waals surface area contributed by atoms with Crippen LogP contribution in [0.2, 0.25) is 0 Å². The van der Waals surface area contributed by atoms with Crippen molar-refractivity contribution in [3.63, 3.8) is 0 Å². The van der Waals surface area contributed by atoms with Gasteiger partial charge in [0.25, 0.3) is 11.6 Å². The molecule has 0 aliphatic carbocycles. The van der Waals surface area contributed by atoms with Crippen molar-refractivity contribution in [2.24, 2.45) is 0 Å². The number of thioether (sulfide) groups is 1. The molecule has 27 heavy (non-hydrogen) atoms. The molecule has 3 rings (SSSR count). The van der Waals surface area contributed by atoms with Crippen molar-refractivity contribution in [1.29, 1.82) is 5.26 Å². The average molecular weight is 398 g/mol. The van der Waals surface area contributed by atoms with Crippen LogP contribution in [0.1, 0.15) is 0 Å². The van der Waals surface area contributed by atoms with E-state index in [9.17, 15) is 28.3 Å². The standard InChI is InChI=1S/C17H17F3N4O2S/c18-17(19,20)16(26)11-27-15(24(16)12-4-2-1-3-5-12)13(10-21)14(25)23-8-6-22-7-9-23/h1-5,22,26H,6-9,11H2. The number of carbonyl (C=O) groups is 1. The second kappa shape index (κ2) is 7.42. The molecule has 2 aliphatic rings. The molecule has 1 amide bonds. The van der Waals surface area contributed by atoms with Gasteiger partial charge in [0, 0.05) is 31.9 Å². The van der Waals surface area contributed by atoms with Gasteiger partial charge in [-0.05, 0) is 12.1 Å². The number of nitrogens with one attached hydrogen (secondary N) is 1. The van der Waals surface area contributed by atoms with Crippen molar-refractivity contribution < 1.29 is 23.1 Å². The third kappa shape index (κ3) is 3.50. The fourth-order valence-electron chi connectivity index (χ4n) is 2.98. The van der Waals surface area contributed by atoms with E-state index in [-0.39, 0.29) is 10.7 Å². The van der Waals surface area contributed by atoms with Crippen LogP contribution in [-0.4, -0.2) is 59.7 Å². The molecule has 1 aromatic rings. The Hall–Kier alpha value is -2.22. The number of nitrogens with zero attached hydrogens (tertiary/aromatic N) is 3. The van der Waals surface area contributed by atoms with Crippen LogP contribution in [0, 0.1) is 11.3 Å². The van der Waals surface area contributed by atoms with Gasteiger partial charge in [0.2, 0.25) is 0 Å². The molecule has 0 bridgehead atoms. The Morgan fingerprint density at radius 3 is 2.44 bits per heavy atom. The number of hydrogen-bond acceptors (Lipinski definition) is 6. The molecule has 144 valence electrons. The third-order valence-electron chi connectivity index (χ3n) is 4.40. The Morgan fingerprint density at radius 1 is 1.26 bits per heavy atom. The normalized spacial score (nSPS) is 25.3. The van der Waals surface area contributed by atoms with Gasteiger partial charge in [-0.15, -0.1) is 11.8 Å². The Balaban J connectivity index is 2.10. The predicted octanol–water partition coefficient (Wildman–Crippen LogP) is 1.66. The number of piperazine rings is 1. The molecule has 0 aromatic heterocycles. The highest BCUT2D eigenvalue weighted by Crippen LogP contribution is 2.50. The molecule has 2 saturated heterocycles. The van der Waals surface area contributed by atoms with Crippen molar-refractivity contribution >= 4 is 23.4 Å². The number of aliphatic hydroxyl groups is 1. The number of anilines is 1. The molecule has 0 spiro atoms. The number of amides is 1. The van der Waals surface area contributed by atoms with Crippen LogP contribution >= 0.6 is 11.8 Å². The fraction of sp³-hybridized carbons (Fsp3) is 0.412. The quantitative estimate of drug-likeness (QED) is 0.583. The van der Waals surface area contributed by atoms with Gasteiger partial charge in [0.1, 0.15) is 16.7 Å². The molecule has 2 N–H and O–H groups in total. The number of alkyl halides is 3. The zero-order valence-corrected chi connectivity index (χ0v) is 15.0. The summed E-state index contributed by atoms with van der Waals surface area (Å²) in [6.45, 7) is 1.80. The topological polar surface area (TPSA) is 79.6 Å². The van der Waals surface area contributed by atoms with Crippen molar-refractivity contribution in [3.8, 4) is 6.07 Å². The van der Waals surface area contributed by atoms with E-state index >= 15 is 0 Å². The molecule has 0 radical (unpaired) electrons. The molecule has 2 fully saturated rings. The second-order valence-corrected chi connectivity index (χ2v) is 7.07. The van der Waals surface area contributed by atoms with Gasteiger partial charge in [-0.1, -0.05) is 18.2 Å². The number of nitriles is 1. The summed E-state index contributed by atoms with van der Waals surface area (Å²) in [4.78, 5) is 14.8. The highest BCUT2D eigenvalue weighted by Gasteiger charge is 2.63. The zero-order valence-electron chi connectivity index (χ0n) is 14.2. The average Bonchev–Trinajstić information content (AvgIpc) is 3.02. The van der Waals surface area contributed by atoms with E-state index in [1.807, 2.05) is 0 Å². The summed E-state index contributed by atoms with van der Waals surface area (Å²) in [7, 11) is 0. The van der Waals surface area contributed by atoms with Gasteiger partial charge in [0.15, 0.2) is 0 Å². The van der Waals surface area contributed by atoms with E-state index in [4.69, 9.17) is 0 Å². The van der Waals surface area contributed by atoms with Gasteiger partial charge in [-0.3, -0.25) is 9.69 Å². The van der Waals surface area contributed by atoms with Crippen LogP contribution in [0.25, 0.3) is 0 Å². The van der Waals surface area contributed by atoms with Gasteiger partial charge in [-0.2, -0.15) is 18.4 Å². The lowest BCUT2D eigenvalue weighted by Crippen LogP contribution is -2.57. The number of carbonyl (C=O) groups excluding carboxylic acids is 1. The summed E-state index contributed by atoms with van der Waals surface area (Å²) in [5.74, 6) is -1.37. The lowest BCUT2D eigenvalue weighted by atomic mass is 10.1. The number of halogens is 3. The Labute approximate surface area is 158 Å². The van der Waals surface area contributed by atoms with E-state index in [1.165, 1.54) is 29.2 Å². The fourth-order valence-corrected chi connectivity index (χ4v) is 4.27. The first-order valence-electron chi connectivity index (χ1n) is 8.21. The maximum absolute atomic E-state index is 13.7. The summed E-state index contributed by atoms with van der Waals surface area (Å²) >= 11 is 0.654. The predicted molar refractivity (Wildman–Crippen MR) is 94.5 cm³/mol. The van der Waals surface area contributed by atoms with E-state index in [1.54, 1.807) is 12.1 Å². The summed E-state index contributed by atoms with van der Waals surface area (Å²) in [5, 5.41) is 22.9. The highest BCUT2D eigenvalue weighted by atomic mass is 32.2. The van der Waals surface area contributed by atoms with E-state index in [0.29, 0.717) is 42.8 Å². The van der Waals surface area contributed by atoms with Crippen LogP contribution < -0.4 is 10.2 Å². The van der Waals surface area contributed by atoms with Crippen LogP contribution in [0.5, 0.6) is 0 Å². The minimum atomic E-state index is -4.98. The van der Waals surface area contributed by atoms with Crippen molar-refractivity contribution in [3.05, 3.63) is 40.9 Å². The summed E-state index contributed by atoms with van der Waals surface area (Å²) in [6, 6.07) is 9.22. The van der Waals surface area contributed by atoms with Crippen LogP contribution in [0.3, 0.4) is 0 Å². The van der Waals surface area contributed by atoms with Gasteiger partial charge >= 0.3 is 6.18 Å². The summed E-state index contributed by atoms with van der Waals surface area (Å²) < 4.78 is 41.0. The SMILES string of the molecule is N#CC(C(=O)N1CCNCC1)=C1SCC(O)(C(F)(F)F)N1c1ccccc1. The van der Waals surface area contributed by atoms with Gasteiger partial charge in [-0.25, -0.2) is 0 Å². The van der Waals surface area contributed by atoms with Crippen LogP contribution in [0.4, 0.5) is 18.9 Å². The van der Waals surface area contributed by atoms with Crippen LogP contribution in [0.15, 0.2) is 40.9 Å². The highest BCUT2D eigenvalue weighted by molar-refractivity contribution is 8.03. The van der Waals surface area contributed by atoms with E-state index in [0.717, 1.165) is 0 Å². The maximum Gasteiger partial charge on any atom is 0.437 e. The van der Waals surface area contributed by atoms with Crippen LogP contribution in [-0.2, 0) is 4.79 Å². The number of para-hydroxylation sites is 1. The van der Waals surface area contributed by atoms with Gasteiger partial charge < -0.3 is 15.3 Å². The first-order valence-corrected chi connectivity index (χ1v) is 9.19. The molecule has 1 aromatic carbocycles. The Morgan fingerprint density at radius 2 is 1.89 bits per heavy atom. The Kier molecular flexibility index (Phi) is 5.37. The van der Waals surface area contributed by atoms with Crippen molar-refractivity contribution in [2.75, 3.05) is 36.8 Å². The minimum absolute atomic E-state index is 0.0539. The first kappa shape index (κ1) is 19.5. The van der Waals surface area contributed by atoms with E-state index < -0.39 is 29.1 Å². The zero-order chi connectivity index (χ0) is 19.7. The lowest BCUT2D eigenvalue weighted by Gasteiger charge is -2.36. The molecule has 10 heteroatoms. The second-order valence-electron chi connectivity index (χ2n) is 6.11. The smallest absolute Gasteiger partial charge is 0.362 e. The molecule has 6 nitrogen and oxygen atoms in total. The molecule has 2 aliphatic heterocycles. The number of hydrogen-bond donors (Lipinski definition) is 2. The Bertz CT molecular complexity index is 788. The summed E-state index contributed by atoms with van der Waals surface area (Å²) in [5.41, 5.74) is -3.55. The van der Waals surface area contributed by atoms with Crippen molar-refractivity contribution in [1.82, 2.24) is 10.2 Å². The molecule has 1 unspecified atom stereocenters. The monoisotopic (exact) mass is 398 g/mol. The molecular weight excluding hydrogens is 381 g/mol. The van der Waals surface area contributed by atoms with Gasteiger partial charge in [0.05, 0.1) is 5.75 Å². The molecule has 1 atom stereocenters. The molecular formula is C17H17F3N4O2S. The maximum atomic E-state index is 13.7. The third-order valence-corrected chi connectivity index (χ3v) is 5.60. The van der Waals surface area contributed by atoms with Crippen molar-refractivity contribution in [2.45, 2.75) is 11.9 Å². The lowest BCUT2D eigenvalue weighted by molar-refractivity contribution is -0.246. The molecule has 0 saturated carbocycles. The number of benzene rings is 1. The number of rotatable bonds is 2.